The van der Waals surface area contributed by atoms with Crippen molar-refractivity contribution < 1.29 is 60.6 Å². The third kappa shape index (κ3) is 58.8. The minimum atomic E-state index is -0.440. The number of hydrogen-bond acceptors (Lipinski definition) is 8. The first-order chi connectivity index (χ1) is 12.2. The SMILES string of the molecule is CCC[O-].CCC[O-].CCOC(=O)CC(C)=O.CCOC(=O)CC(C)=O.[Ti+2]. The molecular weight excluding hydrogens is 392 g/mol. The summed E-state index contributed by atoms with van der Waals surface area (Å²) in [6, 6.07) is 0. The Bertz CT molecular complexity index is 321. The van der Waals surface area contributed by atoms with Gasteiger partial charge >= 0.3 is 33.7 Å². The first-order valence-electron chi connectivity index (χ1n) is 8.62. The normalized spacial score (nSPS) is 8.00. The van der Waals surface area contributed by atoms with Gasteiger partial charge in [-0.15, -0.1) is 13.2 Å². The number of ether oxygens (including phenoxy) is 2. The Morgan fingerprint density at radius 3 is 1.00 bits per heavy atom. The minimum absolute atomic E-state index is 0. The molecule has 0 aromatic heterocycles. The molecule has 0 aliphatic carbocycles. The summed E-state index contributed by atoms with van der Waals surface area (Å²) < 4.78 is 8.99. The molecule has 0 amide bonds. The molecule has 0 saturated heterocycles. The van der Waals surface area contributed by atoms with Gasteiger partial charge in [-0.05, 0) is 27.7 Å². The fourth-order valence-corrected chi connectivity index (χ4v) is 0.831. The van der Waals surface area contributed by atoms with Crippen LogP contribution in [-0.4, -0.2) is 49.9 Å². The summed E-state index contributed by atoms with van der Waals surface area (Å²) in [6.07, 6.45) is 1.32. The number of carbonyl (C=O) groups excluding carboxylic acids is 4. The largest absolute Gasteiger partial charge is 2.00 e. The van der Waals surface area contributed by atoms with Gasteiger partial charge in [-0.3, -0.25) is 19.2 Å². The summed E-state index contributed by atoms with van der Waals surface area (Å²) in [7, 11) is 0. The molecule has 0 spiro atoms. The summed E-state index contributed by atoms with van der Waals surface area (Å²) >= 11 is 0. The molecule has 0 saturated carbocycles. The summed E-state index contributed by atoms with van der Waals surface area (Å²) in [5.41, 5.74) is 0. The van der Waals surface area contributed by atoms with E-state index in [1.165, 1.54) is 13.8 Å². The minimum Gasteiger partial charge on any atom is -0.854 e. The number of ketones is 2. The van der Waals surface area contributed by atoms with E-state index in [4.69, 9.17) is 0 Å². The van der Waals surface area contributed by atoms with Gasteiger partial charge in [0, 0.05) is 0 Å². The van der Waals surface area contributed by atoms with Crippen LogP contribution in [0.3, 0.4) is 0 Å². The molecule has 0 atom stereocenters. The van der Waals surface area contributed by atoms with Crippen molar-refractivity contribution in [2.24, 2.45) is 0 Å². The van der Waals surface area contributed by atoms with E-state index in [0.29, 0.717) is 13.2 Å². The molecule has 0 rings (SSSR count). The third-order valence-electron chi connectivity index (χ3n) is 1.81. The van der Waals surface area contributed by atoms with Crippen molar-refractivity contribution in [1.82, 2.24) is 0 Å². The van der Waals surface area contributed by atoms with Crippen LogP contribution in [-0.2, 0) is 50.4 Å². The quantitative estimate of drug-likeness (QED) is 0.313. The predicted octanol–water partition coefficient (Wildman–Crippen LogP) is 0.568. The van der Waals surface area contributed by atoms with Gasteiger partial charge in [0.2, 0.25) is 0 Å². The second-order valence-corrected chi connectivity index (χ2v) is 4.78. The molecular formula is C18H34O8Ti. The van der Waals surface area contributed by atoms with Gasteiger partial charge in [-0.2, -0.15) is 0 Å². The Labute approximate surface area is 177 Å². The Morgan fingerprint density at radius 2 is 0.889 bits per heavy atom. The molecule has 0 aliphatic rings. The van der Waals surface area contributed by atoms with E-state index in [1.807, 2.05) is 13.8 Å². The van der Waals surface area contributed by atoms with Crippen molar-refractivity contribution in [3.63, 3.8) is 0 Å². The molecule has 0 unspecified atom stereocenters. The summed E-state index contributed by atoms with van der Waals surface area (Å²) in [4.78, 5) is 41.3. The van der Waals surface area contributed by atoms with E-state index in [2.05, 4.69) is 9.47 Å². The molecule has 0 aromatic rings. The Balaban J connectivity index is -0.0000000843. The number of Topliss-reactive ketones (excluding diaryl/α,β-unsaturated/α-hetero) is 2. The van der Waals surface area contributed by atoms with Crippen LogP contribution in [0.15, 0.2) is 0 Å². The second kappa shape index (κ2) is 32.6. The third-order valence-corrected chi connectivity index (χ3v) is 1.81. The second-order valence-electron chi connectivity index (χ2n) is 4.78. The summed E-state index contributed by atoms with van der Waals surface area (Å²) in [5.74, 6) is -1.20. The van der Waals surface area contributed by atoms with Crippen LogP contribution in [0.5, 0.6) is 0 Å². The van der Waals surface area contributed by atoms with Gasteiger partial charge in [0.15, 0.2) is 0 Å². The molecule has 0 heterocycles. The molecule has 0 N–H and O–H groups in total. The van der Waals surface area contributed by atoms with Gasteiger partial charge in [0.05, 0.1) is 13.2 Å². The van der Waals surface area contributed by atoms with Crippen LogP contribution < -0.4 is 10.2 Å². The van der Waals surface area contributed by atoms with Crippen molar-refractivity contribution in [1.29, 1.82) is 0 Å². The van der Waals surface area contributed by atoms with Crippen molar-refractivity contribution in [3.05, 3.63) is 0 Å². The first kappa shape index (κ1) is 36.8. The summed E-state index contributed by atoms with van der Waals surface area (Å²) in [6.45, 7) is 10.7. The molecule has 0 aromatic carbocycles. The van der Waals surface area contributed by atoms with Crippen molar-refractivity contribution in [2.75, 3.05) is 26.4 Å². The van der Waals surface area contributed by atoms with Gasteiger partial charge in [-0.1, -0.05) is 26.7 Å². The van der Waals surface area contributed by atoms with E-state index in [0.717, 1.165) is 12.8 Å². The molecule has 8 nitrogen and oxygen atoms in total. The Hall–Kier alpha value is -1.09. The average molecular weight is 426 g/mol. The first-order valence-corrected chi connectivity index (χ1v) is 8.62. The van der Waals surface area contributed by atoms with E-state index < -0.39 is 11.9 Å². The van der Waals surface area contributed by atoms with Crippen molar-refractivity contribution in [3.8, 4) is 0 Å². The molecule has 0 fully saturated rings. The maximum Gasteiger partial charge on any atom is 2.00 e. The van der Waals surface area contributed by atoms with Crippen LogP contribution in [0, 0.1) is 0 Å². The van der Waals surface area contributed by atoms with Gasteiger partial charge in [0.25, 0.3) is 0 Å². The Kier molecular flexibility index (Phi) is 44.4. The average Bonchev–Trinajstić information content (AvgIpc) is 2.55. The van der Waals surface area contributed by atoms with E-state index in [1.54, 1.807) is 13.8 Å². The standard InChI is InChI=1S/2C6H10O3.2C3H7O.Ti/c2*1-3-9-6(8)4-5(2)7;2*1-2-3-4;/h2*3-4H2,1-2H3;2*2-3H2,1H3;/q;;2*-1;+2. The van der Waals surface area contributed by atoms with Crippen LogP contribution in [0.1, 0.15) is 67.2 Å². The molecule has 0 aliphatic heterocycles. The maximum absolute atomic E-state index is 10.4. The maximum atomic E-state index is 10.4. The van der Waals surface area contributed by atoms with Crippen LogP contribution in [0.4, 0.5) is 0 Å². The Morgan fingerprint density at radius 1 is 0.667 bits per heavy atom. The zero-order valence-corrected chi connectivity index (χ0v) is 19.0. The van der Waals surface area contributed by atoms with Crippen molar-refractivity contribution >= 4 is 23.5 Å². The van der Waals surface area contributed by atoms with Crippen LogP contribution >= 0.6 is 0 Å². The molecule has 9 heteroatoms. The molecule has 158 valence electrons. The topological polar surface area (TPSA) is 133 Å². The van der Waals surface area contributed by atoms with Gasteiger partial charge in [0.1, 0.15) is 24.4 Å². The molecule has 0 radical (unpaired) electrons. The van der Waals surface area contributed by atoms with Gasteiger partial charge in [-0.25, -0.2) is 0 Å². The number of hydrogen-bond donors (Lipinski definition) is 0. The van der Waals surface area contributed by atoms with Gasteiger partial charge < -0.3 is 19.7 Å². The fraction of sp³-hybridized carbons (Fsp3) is 0.778. The number of rotatable bonds is 8. The van der Waals surface area contributed by atoms with Crippen molar-refractivity contribution in [2.45, 2.75) is 67.2 Å². The number of carbonyl (C=O) groups is 4. The van der Waals surface area contributed by atoms with Crippen LogP contribution in [0.2, 0.25) is 0 Å². The molecule has 27 heavy (non-hydrogen) atoms. The smallest absolute Gasteiger partial charge is 0.854 e. The molecule has 0 bridgehead atoms. The fourth-order valence-electron chi connectivity index (χ4n) is 0.831. The van der Waals surface area contributed by atoms with E-state index >= 15 is 0 Å². The zero-order chi connectivity index (χ0) is 21.4. The zero-order valence-electron chi connectivity index (χ0n) is 17.4. The summed E-state index contributed by atoms with van der Waals surface area (Å²) in [5, 5.41) is 18.6. The predicted molar refractivity (Wildman–Crippen MR) is 94.2 cm³/mol. The number of esters is 2. The van der Waals surface area contributed by atoms with Crippen LogP contribution in [0.25, 0.3) is 0 Å². The van der Waals surface area contributed by atoms with E-state index in [9.17, 15) is 29.4 Å². The van der Waals surface area contributed by atoms with E-state index in [-0.39, 0.29) is 59.3 Å². The monoisotopic (exact) mass is 426 g/mol.